The quantitative estimate of drug-likeness (QED) is 0.550. The fourth-order valence-corrected chi connectivity index (χ4v) is 2.92. The number of fused-ring (bicyclic) bond motifs is 1. The minimum atomic E-state index is 0.375. The van der Waals surface area contributed by atoms with Crippen LogP contribution in [0.4, 0.5) is 5.82 Å². The van der Waals surface area contributed by atoms with Gasteiger partial charge in [-0.3, -0.25) is 4.98 Å². The maximum atomic E-state index is 5.97. The first-order valence-electron chi connectivity index (χ1n) is 7.46. The molecule has 2 N–H and O–H groups in total. The Morgan fingerprint density at radius 3 is 2.42 bits per heavy atom. The Balaban J connectivity index is 1.97. The molecule has 2 aromatic heterocycles. The van der Waals surface area contributed by atoms with Crippen LogP contribution >= 0.6 is 15.9 Å². The number of hydrogen-bond donors (Lipinski definition) is 1. The third kappa shape index (κ3) is 2.63. The zero-order valence-corrected chi connectivity index (χ0v) is 14.2. The van der Waals surface area contributed by atoms with Crippen LogP contribution < -0.4 is 5.73 Å². The molecule has 0 unspecified atom stereocenters. The monoisotopic (exact) mass is 376 g/mol. The maximum absolute atomic E-state index is 5.97. The molecule has 4 aromatic rings. The largest absolute Gasteiger partial charge is 0.381 e. The van der Waals surface area contributed by atoms with E-state index in [1.165, 1.54) is 0 Å². The average molecular weight is 377 g/mol. The molecule has 0 aliphatic rings. The third-order valence-electron chi connectivity index (χ3n) is 3.80. The van der Waals surface area contributed by atoms with Crippen LogP contribution in [0.15, 0.2) is 71.5 Å². The molecule has 0 bridgehead atoms. The first kappa shape index (κ1) is 14.8. The second-order valence-electron chi connectivity index (χ2n) is 5.37. The van der Waals surface area contributed by atoms with Gasteiger partial charge < -0.3 is 5.73 Å². The summed E-state index contributed by atoms with van der Waals surface area (Å²) in [5, 5.41) is 1.06. The Bertz CT molecular complexity index is 1030. The summed E-state index contributed by atoms with van der Waals surface area (Å²) in [5.41, 5.74) is 10.4. The molecule has 4 nitrogen and oxygen atoms in total. The van der Waals surface area contributed by atoms with Crippen LogP contribution in [-0.2, 0) is 0 Å². The summed E-state index contributed by atoms with van der Waals surface area (Å²) in [6.07, 6.45) is 1.79. The molecule has 0 atom stereocenters. The summed E-state index contributed by atoms with van der Waals surface area (Å²) in [4.78, 5) is 13.5. The fourth-order valence-electron chi connectivity index (χ4n) is 2.65. The van der Waals surface area contributed by atoms with Crippen LogP contribution in [0.1, 0.15) is 0 Å². The number of nitrogens with zero attached hydrogens (tertiary/aromatic N) is 3. The van der Waals surface area contributed by atoms with Gasteiger partial charge in [0.25, 0.3) is 0 Å². The summed E-state index contributed by atoms with van der Waals surface area (Å²) in [6, 6.07) is 20.0. The first-order valence-corrected chi connectivity index (χ1v) is 8.25. The van der Waals surface area contributed by atoms with E-state index in [4.69, 9.17) is 5.73 Å². The molecular formula is C19H13BrN4. The van der Waals surface area contributed by atoms with E-state index >= 15 is 0 Å². The van der Waals surface area contributed by atoms with Crippen LogP contribution in [0.3, 0.4) is 0 Å². The van der Waals surface area contributed by atoms with Crippen molar-refractivity contribution in [3.63, 3.8) is 0 Å². The van der Waals surface area contributed by atoms with Gasteiger partial charge in [0.1, 0.15) is 4.60 Å². The van der Waals surface area contributed by atoms with E-state index in [1.807, 2.05) is 54.6 Å². The molecule has 2 heterocycles. The topological polar surface area (TPSA) is 64.7 Å². The Kier molecular flexibility index (Phi) is 3.70. The van der Waals surface area contributed by atoms with Gasteiger partial charge in [0, 0.05) is 22.7 Å². The molecule has 0 saturated carbocycles. The highest BCUT2D eigenvalue weighted by Crippen LogP contribution is 2.33. The predicted molar refractivity (Wildman–Crippen MR) is 100 cm³/mol. The molecule has 2 aromatic carbocycles. The van der Waals surface area contributed by atoms with E-state index < -0.39 is 0 Å². The molecule has 0 aliphatic heterocycles. The summed E-state index contributed by atoms with van der Waals surface area (Å²) < 4.78 is 0.545. The second-order valence-corrected chi connectivity index (χ2v) is 6.12. The molecule has 24 heavy (non-hydrogen) atoms. The third-order valence-corrected chi connectivity index (χ3v) is 4.39. The second kappa shape index (κ2) is 6.02. The molecule has 5 heteroatoms. The molecule has 0 spiro atoms. The number of aromatic nitrogens is 3. The van der Waals surface area contributed by atoms with Crippen LogP contribution in [0.5, 0.6) is 0 Å². The van der Waals surface area contributed by atoms with Crippen molar-refractivity contribution in [1.29, 1.82) is 0 Å². The number of nitrogens with two attached hydrogens (primary N) is 1. The number of pyridine rings is 1. The highest BCUT2D eigenvalue weighted by Gasteiger charge is 2.14. The zero-order chi connectivity index (χ0) is 16.5. The van der Waals surface area contributed by atoms with Crippen molar-refractivity contribution >= 4 is 32.7 Å². The van der Waals surface area contributed by atoms with E-state index in [0.717, 1.165) is 33.4 Å². The average Bonchev–Trinajstić information content (AvgIpc) is 2.64. The summed E-state index contributed by atoms with van der Waals surface area (Å²) in [5.74, 6) is 0.375. The van der Waals surface area contributed by atoms with Gasteiger partial charge in [-0.15, -0.1) is 0 Å². The highest BCUT2D eigenvalue weighted by molar-refractivity contribution is 9.10. The SMILES string of the molecule is Nc1nc(-c2ccccc2)c(-c2ccc3ncccc3c2)nc1Br. The van der Waals surface area contributed by atoms with Crippen molar-refractivity contribution in [2.45, 2.75) is 0 Å². The Morgan fingerprint density at radius 1 is 0.792 bits per heavy atom. The first-order chi connectivity index (χ1) is 11.7. The van der Waals surface area contributed by atoms with Gasteiger partial charge in [-0.1, -0.05) is 42.5 Å². The Hall–Kier alpha value is -2.79. The number of hydrogen-bond acceptors (Lipinski definition) is 4. The summed E-state index contributed by atoms with van der Waals surface area (Å²) in [6.45, 7) is 0. The van der Waals surface area contributed by atoms with Crippen LogP contribution in [0.25, 0.3) is 33.4 Å². The maximum Gasteiger partial charge on any atom is 0.157 e. The highest BCUT2D eigenvalue weighted by atomic mass is 79.9. The van der Waals surface area contributed by atoms with E-state index in [2.05, 4.69) is 36.9 Å². The van der Waals surface area contributed by atoms with Gasteiger partial charge in [-0.25, -0.2) is 9.97 Å². The van der Waals surface area contributed by atoms with E-state index in [1.54, 1.807) is 6.20 Å². The van der Waals surface area contributed by atoms with E-state index in [-0.39, 0.29) is 0 Å². The summed E-state index contributed by atoms with van der Waals surface area (Å²) >= 11 is 3.39. The molecule has 4 rings (SSSR count). The van der Waals surface area contributed by atoms with Gasteiger partial charge in [0.2, 0.25) is 0 Å². The van der Waals surface area contributed by atoms with Gasteiger partial charge in [0.05, 0.1) is 16.9 Å². The van der Waals surface area contributed by atoms with Gasteiger partial charge >= 0.3 is 0 Å². The molecule has 0 aliphatic carbocycles. The smallest absolute Gasteiger partial charge is 0.157 e. The number of anilines is 1. The molecular weight excluding hydrogens is 364 g/mol. The minimum Gasteiger partial charge on any atom is -0.381 e. The molecule has 116 valence electrons. The van der Waals surface area contributed by atoms with Gasteiger partial charge in [0.15, 0.2) is 5.82 Å². The van der Waals surface area contributed by atoms with Crippen molar-refractivity contribution in [3.8, 4) is 22.5 Å². The number of benzene rings is 2. The van der Waals surface area contributed by atoms with Gasteiger partial charge in [-0.05, 0) is 34.1 Å². The standard InChI is InChI=1S/C19H13BrN4/c20-18-19(21)24-16(12-5-2-1-3-6-12)17(23-18)14-8-9-15-13(11-14)7-4-10-22-15/h1-11H,(H2,21,24). The lowest BCUT2D eigenvalue weighted by molar-refractivity contribution is 1.18. The van der Waals surface area contributed by atoms with E-state index in [9.17, 15) is 0 Å². The number of nitrogen functional groups attached to an aromatic ring is 1. The molecule has 0 saturated heterocycles. The van der Waals surface area contributed by atoms with Crippen molar-refractivity contribution in [2.75, 3.05) is 5.73 Å². The zero-order valence-electron chi connectivity index (χ0n) is 12.6. The lowest BCUT2D eigenvalue weighted by Gasteiger charge is -2.11. The number of rotatable bonds is 2. The molecule has 0 amide bonds. The van der Waals surface area contributed by atoms with Crippen LogP contribution in [0.2, 0.25) is 0 Å². The summed E-state index contributed by atoms with van der Waals surface area (Å²) in [7, 11) is 0. The Morgan fingerprint density at radius 2 is 1.58 bits per heavy atom. The van der Waals surface area contributed by atoms with Crippen molar-refractivity contribution in [2.24, 2.45) is 0 Å². The predicted octanol–water partition coefficient (Wildman–Crippen LogP) is 4.70. The van der Waals surface area contributed by atoms with Crippen LogP contribution in [0, 0.1) is 0 Å². The van der Waals surface area contributed by atoms with Crippen molar-refractivity contribution in [3.05, 3.63) is 71.5 Å². The van der Waals surface area contributed by atoms with Crippen LogP contribution in [-0.4, -0.2) is 15.0 Å². The lowest BCUT2D eigenvalue weighted by atomic mass is 10.0. The van der Waals surface area contributed by atoms with Crippen molar-refractivity contribution < 1.29 is 0 Å². The van der Waals surface area contributed by atoms with E-state index in [0.29, 0.717) is 10.4 Å². The normalized spacial score (nSPS) is 10.9. The molecule has 0 fully saturated rings. The Labute approximate surface area is 147 Å². The molecule has 0 radical (unpaired) electrons. The minimum absolute atomic E-state index is 0.375. The number of halogens is 1. The lowest BCUT2D eigenvalue weighted by Crippen LogP contribution is -2.00. The van der Waals surface area contributed by atoms with Crippen molar-refractivity contribution in [1.82, 2.24) is 15.0 Å². The fraction of sp³-hybridized carbons (Fsp3) is 0. The van der Waals surface area contributed by atoms with Gasteiger partial charge in [-0.2, -0.15) is 0 Å².